The number of carbonyl (C=O) groups excluding carboxylic acids is 1. The number of allylic oxidation sites excluding steroid dienone is 1. The molecule has 0 saturated heterocycles. The molecule has 0 rings (SSSR count). The normalized spacial score (nSPS) is 13.4. The summed E-state index contributed by atoms with van der Waals surface area (Å²) in [6.07, 6.45) is 4.34. The second-order valence-corrected chi connectivity index (χ2v) is 11.6. The molecule has 0 aromatic heterocycles. The van der Waals surface area contributed by atoms with E-state index in [2.05, 4.69) is 46.9 Å². The summed E-state index contributed by atoms with van der Waals surface area (Å²) in [7, 11) is -1.63. The lowest BCUT2D eigenvalue weighted by atomic mass is 10.1. The van der Waals surface area contributed by atoms with Crippen molar-refractivity contribution in [2.24, 2.45) is 0 Å². The molecular formula is C16H32O3Si. The van der Waals surface area contributed by atoms with E-state index in [0.717, 1.165) is 19.4 Å². The maximum atomic E-state index is 11.3. The third-order valence-corrected chi connectivity index (χ3v) is 8.45. The summed E-state index contributed by atoms with van der Waals surface area (Å²) in [6, 6.07) is 0. The molecule has 3 nitrogen and oxygen atoms in total. The Balaban J connectivity index is 3.98. The van der Waals surface area contributed by atoms with Crippen molar-refractivity contribution in [1.82, 2.24) is 0 Å². The Bertz CT molecular complexity index is 327. The minimum absolute atomic E-state index is 0.113. The summed E-state index contributed by atoms with van der Waals surface area (Å²) < 4.78 is 11.0. The third kappa shape index (κ3) is 7.85. The Kier molecular flexibility index (Phi) is 8.36. The monoisotopic (exact) mass is 300 g/mol. The summed E-state index contributed by atoms with van der Waals surface area (Å²) in [4.78, 5) is 11.3. The predicted molar refractivity (Wildman–Crippen MR) is 87.4 cm³/mol. The zero-order chi connectivity index (χ0) is 15.8. The summed E-state index contributed by atoms with van der Waals surface area (Å²) in [5.74, 6) is -0.113. The average Bonchev–Trinajstić information content (AvgIpc) is 2.31. The highest BCUT2D eigenvalue weighted by molar-refractivity contribution is 6.74. The molecule has 0 amide bonds. The Hall–Kier alpha value is -0.613. The van der Waals surface area contributed by atoms with Gasteiger partial charge in [-0.3, -0.25) is 4.79 Å². The zero-order valence-electron chi connectivity index (χ0n) is 14.3. The van der Waals surface area contributed by atoms with Gasteiger partial charge < -0.3 is 9.16 Å². The highest BCUT2D eigenvalue weighted by Gasteiger charge is 2.36. The first-order valence-electron chi connectivity index (χ1n) is 7.55. The van der Waals surface area contributed by atoms with Crippen molar-refractivity contribution in [3.8, 4) is 0 Å². The van der Waals surface area contributed by atoms with Crippen molar-refractivity contribution < 1.29 is 14.0 Å². The van der Waals surface area contributed by atoms with Gasteiger partial charge >= 0.3 is 5.97 Å². The van der Waals surface area contributed by atoms with Gasteiger partial charge in [0, 0.05) is 13.0 Å². The van der Waals surface area contributed by atoms with E-state index in [1.807, 2.05) is 6.92 Å². The van der Waals surface area contributed by atoms with Gasteiger partial charge in [0.25, 0.3) is 0 Å². The molecule has 0 atom stereocenters. The molecule has 0 unspecified atom stereocenters. The lowest BCUT2D eigenvalue weighted by molar-refractivity contribution is -0.143. The van der Waals surface area contributed by atoms with E-state index in [4.69, 9.17) is 9.16 Å². The molecule has 0 radical (unpaired) electrons. The second-order valence-electron chi connectivity index (χ2n) is 6.75. The molecule has 4 heteroatoms. The number of esters is 1. The van der Waals surface area contributed by atoms with Gasteiger partial charge in [-0.1, -0.05) is 32.4 Å². The molecule has 0 aliphatic heterocycles. The van der Waals surface area contributed by atoms with Crippen LogP contribution in [-0.4, -0.2) is 27.5 Å². The number of carbonyl (C=O) groups is 1. The molecule has 0 spiro atoms. The van der Waals surface area contributed by atoms with Gasteiger partial charge in [0.2, 0.25) is 0 Å². The van der Waals surface area contributed by atoms with Crippen LogP contribution in [0.5, 0.6) is 0 Å². The number of hydrogen-bond donors (Lipinski definition) is 0. The topological polar surface area (TPSA) is 35.5 Å². The van der Waals surface area contributed by atoms with E-state index >= 15 is 0 Å². The summed E-state index contributed by atoms with van der Waals surface area (Å²) >= 11 is 0. The van der Waals surface area contributed by atoms with Crippen LogP contribution < -0.4 is 0 Å². The molecule has 0 N–H and O–H groups in total. The van der Waals surface area contributed by atoms with Gasteiger partial charge in [-0.05, 0) is 44.8 Å². The van der Waals surface area contributed by atoms with Gasteiger partial charge in [0.05, 0.1) is 6.61 Å². The number of rotatable bonds is 8. The van der Waals surface area contributed by atoms with E-state index < -0.39 is 8.32 Å². The highest BCUT2D eigenvalue weighted by Crippen LogP contribution is 2.36. The minimum atomic E-state index is -1.63. The van der Waals surface area contributed by atoms with Crippen LogP contribution in [0.4, 0.5) is 0 Å². The first kappa shape index (κ1) is 19.4. The van der Waals surface area contributed by atoms with Gasteiger partial charge in [0.1, 0.15) is 0 Å². The van der Waals surface area contributed by atoms with Crippen molar-refractivity contribution in [3.05, 3.63) is 11.6 Å². The minimum Gasteiger partial charge on any atom is -0.466 e. The Labute approximate surface area is 125 Å². The lowest BCUT2D eigenvalue weighted by Crippen LogP contribution is -2.40. The lowest BCUT2D eigenvalue weighted by Gasteiger charge is -2.36. The van der Waals surface area contributed by atoms with Gasteiger partial charge in [0.15, 0.2) is 8.32 Å². The zero-order valence-corrected chi connectivity index (χ0v) is 15.3. The molecule has 0 bridgehead atoms. The van der Waals surface area contributed by atoms with E-state index in [-0.39, 0.29) is 11.0 Å². The second kappa shape index (κ2) is 8.62. The summed E-state index contributed by atoms with van der Waals surface area (Å²) in [5, 5.41) is 0.260. The molecule has 0 saturated carbocycles. The van der Waals surface area contributed by atoms with Crippen LogP contribution in [0.2, 0.25) is 18.1 Å². The largest absolute Gasteiger partial charge is 0.466 e. The van der Waals surface area contributed by atoms with Crippen molar-refractivity contribution in [1.29, 1.82) is 0 Å². The molecule has 0 aliphatic carbocycles. The molecular weight excluding hydrogens is 268 g/mol. The van der Waals surface area contributed by atoms with Crippen LogP contribution in [0.25, 0.3) is 0 Å². The molecule has 0 aromatic rings. The van der Waals surface area contributed by atoms with Crippen molar-refractivity contribution >= 4 is 14.3 Å². The molecule has 0 aliphatic rings. The van der Waals surface area contributed by atoms with Crippen LogP contribution in [0, 0.1) is 0 Å². The van der Waals surface area contributed by atoms with Crippen molar-refractivity contribution in [3.63, 3.8) is 0 Å². The number of hydrogen-bond acceptors (Lipinski definition) is 3. The third-order valence-electron chi connectivity index (χ3n) is 3.91. The smallest absolute Gasteiger partial charge is 0.306 e. The Morgan fingerprint density at radius 1 is 1.20 bits per heavy atom. The first-order chi connectivity index (χ1) is 9.10. The van der Waals surface area contributed by atoms with E-state index in [1.54, 1.807) is 0 Å². The molecule has 0 heterocycles. The SMILES string of the molecule is CCOC(=O)CC/C(C)=C/CCO[Si](C)(C)C(C)(C)C. The van der Waals surface area contributed by atoms with Crippen LogP contribution in [0.15, 0.2) is 11.6 Å². The Morgan fingerprint density at radius 3 is 2.30 bits per heavy atom. The summed E-state index contributed by atoms with van der Waals surface area (Å²) in [6.45, 7) is 16.4. The van der Waals surface area contributed by atoms with E-state index in [9.17, 15) is 4.79 Å². The average molecular weight is 301 g/mol. The standard InChI is InChI=1S/C16H32O3Si/c1-8-18-15(17)12-11-14(2)10-9-13-19-20(6,7)16(3,4)5/h10H,8-9,11-13H2,1-7H3/b14-10+. The Morgan fingerprint density at radius 2 is 1.80 bits per heavy atom. The van der Waals surface area contributed by atoms with Crippen molar-refractivity contribution in [2.75, 3.05) is 13.2 Å². The van der Waals surface area contributed by atoms with Crippen LogP contribution >= 0.6 is 0 Å². The molecule has 20 heavy (non-hydrogen) atoms. The first-order valence-corrected chi connectivity index (χ1v) is 10.5. The molecule has 118 valence electrons. The van der Waals surface area contributed by atoms with E-state index in [0.29, 0.717) is 13.0 Å². The quantitative estimate of drug-likeness (QED) is 0.282. The summed E-state index contributed by atoms with van der Waals surface area (Å²) in [5.41, 5.74) is 1.23. The van der Waals surface area contributed by atoms with Crippen LogP contribution in [-0.2, 0) is 14.0 Å². The predicted octanol–water partition coefficient (Wildman–Crippen LogP) is 4.69. The van der Waals surface area contributed by atoms with Gasteiger partial charge in [-0.25, -0.2) is 0 Å². The van der Waals surface area contributed by atoms with Crippen LogP contribution in [0.1, 0.15) is 53.9 Å². The fourth-order valence-electron chi connectivity index (χ4n) is 1.47. The fourth-order valence-corrected chi connectivity index (χ4v) is 2.53. The highest BCUT2D eigenvalue weighted by atomic mass is 28.4. The maximum absolute atomic E-state index is 11.3. The fraction of sp³-hybridized carbons (Fsp3) is 0.812. The number of ether oxygens (including phenoxy) is 1. The molecule has 0 aromatic carbocycles. The van der Waals surface area contributed by atoms with Crippen LogP contribution in [0.3, 0.4) is 0 Å². The van der Waals surface area contributed by atoms with Gasteiger partial charge in [-0.2, -0.15) is 0 Å². The van der Waals surface area contributed by atoms with Gasteiger partial charge in [-0.15, -0.1) is 0 Å². The van der Waals surface area contributed by atoms with Crippen molar-refractivity contribution in [2.45, 2.75) is 72.0 Å². The molecule has 0 fully saturated rings. The van der Waals surface area contributed by atoms with E-state index in [1.165, 1.54) is 5.57 Å². The maximum Gasteiger partial charge on any atom is 0.306 e.